The van der Waals surface area contributed by atoms with Crippen LogP contribution in [-0.4, -0.2) is 25.1 Å². The summed E-state index contributed by atoms with van der Waals surface area (Å²) in [6.45, 7) is 0. The Morgan fingerprint density at radius 3 is 2.65 bits per heavy atom. The molecule has 1 amide bonds. The molecule has 0 atom stereocenters. The van der Waals surface area contributed by atoms with Crippen molar-refractivity contribution < 1.29 is 18.7 Å². The van der Waals surface area contributed by atoms with Crippen LogP contribution in [0.3, 0.4) is 0 Å². The fraction of sp³-hybridized carbons (Fsp3) is 0.118. The highest BCUT2D eigenvalue weighted by Gasteiger charge is 2.14. The number of amides is 1. The van der Waals surface area contributed by atoms with Gasteiger partial charge in [-0.25, -0.2) is 4.39 Å². The molecule has 0 bridgehead atoms. The van der Waals surface area contributed by atoms with Crippen LogP contribution in [-0.2, 0) is 0 Å². The summed E-state index contributed by atoms with van der Waals surface area (Å²) >= 11 is 0. The summed E-state index contributed by atoms with van der Waals surface area (Å²) in [5.74, 6) is 0.314. The van der Waals surface area contributed by atoms with Crippen molar-refractivity contribution in [3.8, 4) is 11.5 Å². The summed E-state index contributed by atoms with van der Waals surface area (Å²) in [6, 6.07) is 11.2. The van der Waals surface area contributed by atoms with E-state index in [0.717, 1.165) is 0 Å². The minimum atomic E-state index is -0.396. The summed E-state index contributed by atoms with van der Waals surface area (Å²) in [5, 5.41) is 3.11. The predicted molar refractivity (Wildman–Crippen MR) is 85.8 cm³/mol. The summed E-state index contributed by atoms with van der Waals surface area (Å²) in [6.07, 6.45) is 0. The van der Waals surface area contributed by atoms with Gasteiger partial charge in [0.1, 0.15) is 23.0 Å². The number of hydrogen-bond donors (Lipinski definition) is 2. The summed E-state index contributed by atoms with van der Waals surface area (Å²) in [5.41, 5.74) is 1.29. The smallest absolute Gasteiger partial charge is 0.272 e. The first kappa shape index (κ1) is 14.9. The molecule has 3 aromatic rings. The van der Waals surface area contributed by atoms with Crippen molar-refractivity contribution in [3.05, 3.63) is 54.0 Å². The maximum absolute atomic E-state index is 13.7. The minimum absolute atomic E-state index is 0.259. The van der Waals surface area contributed by atoms with Gasteiger partial charge in [-0.1, -0.05) is 6.07 Å². The Kier molecular flexibility index (Phi) is 3.89. The quantitative estimate of drug-likeness (QED) is 0.774. The maximum Gasteiger partial charge on any atom is 0.272 e. The molecule has 0 unspecified atom stereocenters. The molecule has 2 aromatic carbocycles. The monoisotopic (exact) mass is 314 g/mol. The van der Waals surface area contributed by atoms with Gasteiger partial charge in [0.25, 0.3) is 5.91 Å². The number of H-pyrrole nitrogens is 1. The Hall–Kier alpha value is -3.02. The molecular formula is C17H15FN2O3. The SMILES string of the molecule is COc1ccc(OC)c(NC(=O)c2cc3c(F)cccc3[nH]2)c1. The lowest BCUT2D eigenvalue weighted by atomic mass is 10.2. The number of carbonyl (C=O) groups excluding carboxylic acids is 1. The van der Waals surface area contributed by atoms with Crippen LogP contribution in [0.2, 0.25) is 0 Å². The molecule has 23 heavy (non-hydrogen) atoms. The van der Waals surface area contributed by atoms with Gasteiger partial charge >= 0.3 is 0 Å². The van der Waals surface area contributed by atoms with Crippen LogP contribution in [0, 0.1) is 5.82 Å². The molecule has 0 saturated heterocycles. The van der Waals surface area contributed by atoms with Crippen molar-refractivity contribution >= 4 is 22.5 Å². The Labute approximate surface area is 132 Å². The van der Waals surface area contributed by atoms with Crippen LogP contribution < -0.4 is 14.8 Å². The molecule has 0 aliphatic carbocycles. The van der Waals surface area contributed by atoms with Gasteiger partial charge in [0, 0.05) is 17.0 Å². The normalized spacial score (nSPS) is 10.6. The van der Waals surface area contributed by atoms with Crippen LogP contribution in [0.25, 0.3) is 10.9 Å². The van der Waals surface area contributed by atoms with Crippen molar-refractivity contribution in [1.82, 2.24) is 4.98 Å². The minimum Gasteiger partial charge on any atom is -0.497 e. The fourth-order valence-corrected chi connectivity index (χ4v) is 2.34. The van der Waals surface area contributed by atoms with E-state index in [2.05, 4.69) is 10.3 Å². The van der Waals surface area contributed by atoms with Crippen molar-refractivity contribution in [1.29, 1.82) is 0 Å². The van der Waals surface area contributed by atoms with Gasteiger partial charge < -0.3 is 19.8 Å². The Morgan fingerprint density at radius 1 is 1.13 bits per heavy atom. The van der Waals surface area contributed by atoms with E-state index in [9.17, 15) is 9.18 Å². The zero-order chi connectivity index (χ0) is 16.4. The van der Waals surface area contributed by atoms with E-state index in [1.54, 1.807) is 30.3 Å². The number of hydrogen-bond acceptors (Lipinski definition) is 3. The number of halogens is 1. The van der Waals surface area contributed by atoms with E-state index in [1.165, 1.54) is 26.4 Å². The number of carbonyl (C=O) groups is 1. The zero-order valence-electron chi connectivity index (χ0n) is 12.6. The molecule has 0 spiro atoms. The lowest BCUT2D eigenvalue weighted by molar-refractivity contribution is 0.102. The number of benzene rings is 2. The molecule has 0 aliphatic rings. The van der Waals surface area contributed by atoms with Gasteiger partial charge in [0.15, 0.2) is 0 Å². The number of aromatic amines is 1. The largest absolute Gasteiger partial charge is 0.497 e. The number of nitrogens with one attached hydrogen (secondary N) is 2. The maximum atomic E-state index is 13.7. The molecular weight excluding hydrogens is 299 g/mol. The van der Waals surface area contributed by atoms with Crippen LogP contribution in [0.5, 0.6) is 11.5 Å². The molecule has 0 saturated carbocycles. The number of rotatable bonds is 4. The van der Waals surface area contributed by atoms with E-state index in [1.807, 2.05) is 0 Å². The lowest BCUT2D eigenvalue weighted by Crippen LogP contribution is -2.13. The topological polar surface area (TPSA) is 63.4 Å². The Morgan fingerprint density at radius 2 is 1.96 bits per heavy atom. The number of ether oxygens (including phenoxy) is 2. The molecule has 1 aromatic heterocycles. The zero-order valence-corrected chi connectivity index (χ0v) is 12.6. The van der Waals surface area contributed by atoms with Gasteiger partial charge in [0.2, 0.25) is 0 Å². The molecule has 0 aliphatic heterocycles. The van der Waals surface area contributed by atoms with Gasteiger partial charge in [-0.3, -0.25) is 4.79 Å². The number of aromatic nitrogens is 1. The molecule has 0 fully saturated rings. The van der Waals surface area contributed by atoms with E-state index < -0.39 is 5.91 Å². The van der Waals surface area contributed by atoms with Crippen LogP contribution >= 0.6 is 0 Å². The highest BCUT2D eigenvalue weighted by atomic mass is 19.1. The number of anilines is 1. The van der Waals surface area contributed by atoms with Crippen LogP contribution in [0.15, 0.2) is 42.5 Å². The lowest BCUT2D eigenvalue weighted by Gasteiger charge is -2.11. The highest BCUT2D eigenvalue weighted by molar-refractivity contribution is 6.06. The second-order valence-corrected chi connectivity index (χ2v) is 4.90. The summed E-state index contributed by atoms with van der Waals surface area (Å²) in [7, 11) is 3.05. The van der Waals surface area contributed by atoms with Gasteiger partial charge in [-0.05, 0) is 30.3 Å². The second-order valence-electron chi connectivity index (χ2n) is 4.90. The first-order chi connectivity index (χ1) is 11.1. The molecule has 5 nitrogen and oxygen atoms in total. The van der Waals surface area contributed by atoms with Crippen molar-refractivity contribution in [2.45, 2.75) is 0 Å². The van der Waals surface area contributed by atoms with Gasteiger partial charge in [-0.15, -0.1) is 0 Å². The highest BCUT2D eigenvalue weighted by Crippen LogP contribution is 2.29. The summed E-state index contributed by atoms with van der Waals surface area (Å²) in [4.78, 5) is 15.3. The van der Waals surface area contributed by atoms with E-state index in [-0.39, 0.29) is 11.5 Å². The summed E-state index contributed by atoms with van der Waals surface area (Å²) < 4.78 is 24.1. The van der Waals surface area contributed by atoms with Crippen molar-refractivity contribution in [2.24, 2.45) is 0 Å². The Balaban J connectivity index is 1.93. The third kappa shape index (κ3) is 2.83. The number of methoxy groups -OCH3 is 2. The molecule has 3 rings (SSSR count). The van der Waals surface area contributed by atoms with E-state index in [0.29, 0.717) is 28.1 Å². The molecule has 2 N–H and O–H groups in total. The number of fused-ring (bicyclic) bond motifs is 1. The third-order valence-corrected chi connectivity index (χ3v) is 3.51. The first-order valence-electron chi connectivity index (χ1n) is 6.93. The standard InChI is InChI=1S/C17H15FN2O3/c1-22-10-6-7-16(23-2)14(8-10)20-17(21)15-9-11-12(18)4-3-5-13(11)19-15/h3-9,19H,1-2H3,(H,20,21). The van der Waals surface area contributed by atoms with E-state index >= 15 is 0 Å². The average molecular weight is 314 g/mol. The second kappa shape index (κ2) is 6.00. The van der Waals surface area contributed by atoms with Crippen molar-refractivity contribution in [3.63, 3.8) is 0 Å². The molecule has 118 valence electrons. The van der Waals surface area contributed by atoms with Crippen molar-refractivity contribution in [2.75, 3.05) is 19.5 Å². The molecule has 1 heterocycles. The molecule has 6 heteroatoms. The Bertz CT molecular complexity index is 873. The first-order valence-corrected chi connectivity index (χ1v) is 6.93. The third-order valence-electron chi connectivity index (χ3n) is 3.51. The van der Waals surface area contributed by atoms with Gasteiger partial charge in [-0.2, -0.15) is 0 Å². The predicted octanol–water partition coefficient (Wildman–Crippen LogP) is 3.58. The van der Waals surface area contributed by atoms with Crippen LogP contribution in [0.1, 0.15) is 10.5 Å². The molecule has 0 radical (unpaired) electrons. The fourth-order valence-electron chi connectivity index (χ4n) is 2.34. The van der Waals surface area contributed by atoms with Crippen LogP contribution in [0.4, 0.5) is 10.1 Å². The van der Waals surface area contributed by atoms with E-state index in [4.69, 9.17) is 9.47 Å². The average Bonchev–Trinajstić information content (AvgIpc) is 3.00. The van der Waals surface area contributed by atoms with Gasteiger partial charge in [0.05, 0.1) is 19.9 Å².